The molecule has 114 valence electrons. The predicted molar refractivity (Wildman–Crippen MR) is 72.1 cm³/mol. The van der Waals surface area contributed by atoms with E-state index in [1.165, 1.54) is 18.3 Å². The Balaban J connectivity index is 2.42. The molecule has 2 rings (SSSR count). The van der Waals surface area contributed by atoms with Gasteiger partial charge in [-0.05, 0) is 34.3 Å². The predicted octanol–water partition coefficient (Wildman–Crippen LogP) is 3.35. The molecule has 0 aliphatic carbocycles. The van der Waals surface area contributed by atoms with E-state index in [0.717, 1.165) is 0 Å². The Hall–Kier alpha value is -1.42. The number of halogens is 4. The van der Waals surface area contributed by atoms with E-state index in [1.807, 2.05) is 0 Å². The Labute approximate surface area is 129 Å². The number of thiophene rings is 1. The molecule has 0 aliphatic heterocycles. The molecule has 21 heavy (non-hydrogen) atoms. The summed E-state index contributed by atoms with van der Waals surface area (Å²) in [7, 11) is 0. The highest BCUT2D eigenvalue weighted by molar-refractivity contribution is 9.10. The lowest BCUT2D eigenvalue weighted by atomic mass is 10.3. The van der Waals surface area contributed by atoms with E-state index in [-0.39, 0.29) is 13.2 Å². The zero-order valence-electron chi connectivity index (χ0n) is 10.6. The van der Waals surface area contributed by atoms with Gasteiger partial charge < -0.3 is 4.74 Å². The number of rotatable bonds is 4. The van der Waals surface area contributed by atoms with Crippen molar-refractivity contribution in [3.05, 3.63) is 32.2 Å². The fourth-order valence-electron chi connectivity index (χ4n) is 1.62. The number of hydrogen-bond acceptors (Lipinski definition) is 5. The first-order valence-electron chi connectivity index (χ1n) is 5.74. The van der Waals surface area contributed by atoms with Gasteiger partial charge in [0.1, 0.15) is 0 Å². The first-order chi connectivity index (χ1) is 9.84. The average Bonchev–Trinajstić information content (AvgIpc) is 2.97. The van der Waals surface area contributed by atoms with Crippen molar-refractivity contribution in [1.29, 1.82) is 0 Å². The summed E-state index contributed by atoms with van der Waals surface area (Å²) in [6.45, 7) is 1.32. The third kappa shape index (κ3) is 3.43. The van der Waals surface area contributed by atoms with Crippen LogP contribution in [0.1, 0.15) is 28.0 Å². The van der Waals surface area contributed by atoms with E-state index in [0.29, 0.717) is 14.0 Å². The smallest absolute Gasteiger partial charge is 0.435 e. The Morgan fingerprint density at radius 2 is 2.24 bits per heavy atom. The minimum absolute atomic E-state index is 0.0422. The molecule has 2 aromatic rings. The van der Waals surface area contributed by atoms with Gasteiger partial charge in [-0.1, -0.05) is 5.21 Å². The summed E-state index contributed by atoms with van der Waals surface area (Å²) >= 11 is 4.51. The lowest BCUT2D eigenvalue weighted by molar-refractivity contribution is -0.144. The first kappa shape index (κ1) is 16.0. The zero-order chi connectivity index (χ0) is 15.6. The second-order valence-electron chi connectivity index (χ2n) is 3.85. The Bertz CT molecular complexity index is 653. The molecule has 0 N–H and O–H groups in total. The van der Waals surface area contributed by atoms with Crippen LogP contribution in [0.2, 0.25) is 0 Å². The summed E-state index contributed by atoms with van der Waals surface area (Å²) in [5.74, 6) is -1.14. The Morgan fingerprint density at radius 3 is 2.76 bits per heavy atom. The normalized spacial score (nSPS) is 11.7. The molecule has 0 amide bonds. The highest BCUT2D eigenvalue weighted by Crippen LogP contribution is 2.33. The summed E-state index contributed by atoms with van der Waals surface area (Å²) < 4.78 is 45.4. The number of carbonyl (C=O) groups is 1. The Morgan fingerprint density at radius 1 is 1.52 bits per heavy atom. The maximum atomic E-state index is 13.2. The topological polar surface area (TPSA) is 57.0 Å². The first-order valence-corrected chi connectivity index (χ1v) is 7.41. The lowest BCUT2D eigenvalue weighted by Gasteiger charge is -2.10. The summed E-state index contributed by atoms with van der Waals surface area (Å²) in [6, 6.07) is 1.72. The van der Waals surface area contributed by atoms with Crippen molar-refractivity contribution in [3.63, 3.8) is 0 Å². The maximum Gasteiger partial charge on any atom is 0.435 e. The molecule has 0 radical (unpaired) electrons. The van der Waals surface area contributed by atoms with Gasteiger partial charge in [-0.15, -0.1) is 16.4 Å². The largest absolute Gasteiger partial charge is 0.461 e. The van der Waals surface area contributed by atoms with Gasteiger partial charge in [0.2, 0.25) is 5.69 Å². The van der Waals surface area contributed by atoms with Crippen molar-refractivity contribution in [2.45, 2.75) is 19.6 Å². The summed E-state index contributed by atoms with van der Waals surface area (Å²) in [6.07, 6.45) is -4.75. The molecule has 2 heterocycles. The van der Waals surface area contributed by atoms with Crippen LogP contribution in [0.15, 0.2) is 15.9 Å². The van der Waals surface area contributed by atoms with Gasteiger partial charge in [-0.3, -0.25) is 0 Å². The van der Waals surface area contributed by atoms with Crippen LogP contribution in [0.3, 0.4) is 0 Å². The lowest BCUT2D eigenvalue weighted by Crippen LogP contribution is -2.19. The molecule has 2 aromatic heterocycles. The zero-order valence-corrected chi connectivity index (χ0v) is 13.0. The molecule has 0 saturated heterocycles. The van der Waals surface area contributed by atoms with Crippen LogP contribution in [-0.2, 0) is 17.5 Å². The third-order valence-electron chi connectivity index (χ3n) is 2.46. The number of nitrogens with zero attached hydrogens (tertiary/aromatic N) is 3. The second kappa shape index (κ2) is 6.14. The molecule has 0 aromatic carbocycles. The van der Waals surface area contributed by atoms with Crippen molar-refractivity contribution >= 4 is 33.2 Å². The number of esters is 1. The summed E-state index contributed by atoms with van der Waals surface area (Å²) in [5, 5.41) is 8.48. The van der Waals surface area contributed by atoms with Gasteiger partial charge in [0.15, 0.2) is 5.69 Å². The molecular formula is C11H9BrF3N3O2S. The number of aromatic nitrogens is 3. The number of carbonyl (C=O) groups excluding carboxylic acids is 1. The third-order valence-corrected chi connectivity index (χ3v) is 4.37. The maximum absolute atomic E-state index is 13.2. The molecule has 0 bridgehead atoms. The van der Waals surface area contributed by atoms with E-state index < -0.39 is 23.5 Å². The van der Waals surface area contributed by atoms with Crippen LogP contribution < -0.4 is 0 Å². The standard InChI is InChI=1S/C11H9BrF3N3O2S/c1-2-20-10(19)8-9(11(13,14)15)18(17-16-8)5-7-6(12)3-4-21-7/h3-4H,2,5H2,1H3. The van der Waals surface area contributed by atoms with Crippen LogP contribution in [0.4, 0.5) is 13.2 Å². The number of hydrogen-bond donors (Lipinski definition) is 0. The minimum Gasteiger partial charge on any atom is -0.461 e. The van der Waals surface area contributed by atoms with Gasteiger partial charge in [0.25, 0.3) is 0 Å². The van der Waals surface area contributed by atoms with Crippen molar-refractivity contribution in [2.24, 2.45) is 0 Å². The highest BCUT2D eigenvalue weighted by Gasteiger charge is 2.42. The van der Waals surface area contributed by atoms with Gasteiger partial charge in [0, 0.05) is 9.35 Å². The fourth-order valence-corrected chi connectivity index (χ4v) is 3.07. The SMILES string of the molecule is CCOC(=O)c1nnn(Cc2sccc2Br)c1C(F)(F)F. The van der Waals surface area contributed by atoms with E-state index in [4.69, 9.17) is 0 Å². The molecule has 0 spiro atoms. The molecule has 0 unspecified atom stereocenters. The fraction of sp³-hybridized carbons (Fsp3) is 0.364. The van der Waals surface area contributed by atoms with Gasteiger partial charge in [-0.25, -0.2) is 9.48 Å². The summed E-state index contributed by atoms with van der Waals surface area (Å²) in [5.41, 5.74) is -2.03. The molecule has 0 aliphatic rings. The van der Waals surface area contributed by atoms with Gasteiger partial charge in [-0.2, -0.15) is 13.2 Å². The van der Waals surface area contributed by atoms with Crippen LogP contribution in [-0.4, -0.2) is 27.6 Å². The quantitative estimate of drug-likeness (QED) is 0.759. The molecule has 5 nitrogen and oxygen atoms in total. The summed E-state index contributed by atoms with van der Waals surface area (Å²) in [4.78, 5) is 12.2. The Kier molecular flexibility index (Phi) is 4.67. The van der Waals surface area contributed by atoms with E-state index in [9.17, 15) is 18.0 Å². The molecule has 0 saturated carbocycles. The van der Waals surface area contributed by atoms with E-state index in [1.54, 1.807) is 11.4 Å². The average molecular weight is 384 g/mol. The molecule has 0 atom stereocenters. The van der Waals surface area contributed by atoms with Crippen LogP contribution >= 0.6 is 27.3 Å². The second-order valence-corrected chi connectivity index (χ2v) is 5.71. The van der Waals surface area contributed by atoms with Crippen LogP contribution in [0.5, 0.6) is 0 Å². The highest BCUT2D eigenvalue weighted by atomic mass is 79.9. The van der Waals surface area contributed by atoms with Crippen molar-refractivity contribution in [2.75, 3.05) is 6.61 Å². The van der Waals surface area contributed by atoms with Crippen LogP contribution in [0, 0.1) is 0 Å². The molecular weight excluding hydrogens is 375 g/mol. The number of alkyl halides is 3. The van der Waals surface area contributed by atoms with Gasteiger partial charge >= 0.3 is 12.1 Å². The van der Waals surface area contributed by atoms with Crippen molar-refractivity contribution < 1.29 is 22.7 Å². The monoisotopic (exact) mass is 383 g/mol. The molecule has 0 fully saturated rings. The minimum atomic E-state index is -4.75. The van der Waals surface area contributed by atoms with Crippen molar-refractivity contribution in [1.82, 2.24) is 15.0 Å². The molecule has 10 heteroatoms. The van der Waals surface area contributed by atoms with Crippen LogP contribution in [0.25, 0.3) is 0 Å². The number of ether oxygens (including phenoxy) is 1. The van der Waals surface area contributed by atoms with Gasteiger partial charge in [0.05, 0.1) is 13.2 Å². The van der Waals surface area contributed by atoms with Crippen molar-refractivity contribution in [3.8, 4) is 0 Å². The van der Waals surface area contributed by atoms with E-state index >= 15 is 0 Å². The van der Waals surface area contributed by atoms with E-state index in [2.05, 4.69) is 31.0 Å².